The molecule has 1 amide bonds. The second-order valence-corrected chi connectivity index (χ2v) is 4.29. The van der Waals surface area contributed by atoms with Gasteiger partial charge in [0, 0.05) is 12.6 Å². The maximum atomic E-state index is 11.3. The van der Waals surface area contributed by atoms with Gasteiger partial charge in [0.25, 0.3) is 0 Å². The monoisotopic (exact) mass is 355 g/mol. The molecule has 3 N–H and O–H groups in total. The Morgan fingerprint density at radius 1 is 0.680 bits per heavy atom. The summed E-state index contributed by atoms with van der Waals surface area (Å²) >= 11 is 0. The van der Waals surface area contributed by atoms with E-state index in [9.17, 15) is 24.6 Å². The molecule has 1 aromatic rings. The third kappa shape index (κ3) is 7.37. The van der Waals surface area contributed by atoms with E-state index in [0.29, 0.717) is 11.1 Å². The maximum Gasteiger partial charge on any atom is 0.336 e. The number of carboxylic acid groups (broad SMARTS) is 2. The van der Waals surface area contributed by atoms with E-state index in [4.69, 9.17) is 0 Å². The summed E-state index contributed by atoms with van der Waals surface area (Å²) in [7, 11) is 0. The van der Waals surface area contributed by atoms with Crippen LogP contribution in [0.25, 0.3) is 0 Å². The second-order valence-electron chi connectivity index (χ2n) is 4.29. The van der Waals surface area contributed by atoms with Gasteiger partial charge in [-0.2, -0.15) is 0 Å². The van der Waals surface area contributed by atoms with Crippen LogP contribution in [-0.4, -0.2) is 28.1 Å². The molecule has 0 spiro atoms. The van der Waals surface area contributed by atoms with Crippen LogP contribution in [0.3, 0.4) is 0 Å². The lowest BCUT2D eigenvalue weighted by Gasteiger charge is -2.18. The Hall–Kier alpha value is -2.37. The van der Waals surface area contributed by atoms with Gasteiger partial charge >= 0.3 is 11.9 Å². The van der Waals surface area contributed by atoms with Crippen LogP contribution < -0.4 is 5.32 Å². The fourth-order valence-corrected chi connectivity index (χ4v) is 2.22. The predicted molar refractivity (Wildman–Crippen MR) is 103 cm³/mol. The molecule has 0 saturated carbocycles. The Labute approximate surface area is 151 Å². The van der Waals surface area contributed by atoms with E-state index in [-0.39, 0.29) is 28.3 Å². The normalized spacial score (nSPS) is 8.40. The number of carbonyl (C=O) groups is 3. The number of carboxylic acids is 2. The summed E-state index contributed by atoms with van der Waals surface area (Å²) in [4.78, 5) is 33.7. The van der Waals surface area contributed by atoms with Crippen LogP contribution in [0, 0.1) is 20.8 Å². The molecule has 6 heteroatoms. The molecule has 0 aromatic heterocycles. The van der Waals surface area contributed by atoms with Crippen molar-refractivity contribution in [3.8, 4) is 0 Å². The molecule has 0 heterocycles. The minimum Gasteiger partial charge on any atom is -0.478 e. The van der Waals surface area contributed by atoms with E-state index in [1.54, 1.807) is 13.8 Å². The van der Waals surface area contributed by atoms with Gasteiger partial charge in [-0.1, -0.05) is 41.5 Å². The molecule has 1 aromatic carbocycles. The Bertz CT molecular complexity index is 551. The Kier molecular flexibility index (Phi) is 15.4. The third-order valence-corrected chi connectivity index (χ3v) is 2.98. The summed E-state index contributed by atoms with van der Waals surface area (Å²) in [6.45, 7) is 17.8. The summed E-state index contributed by atoms with van der Waals surface area (Å²) in [6, 6.07) is 0. The molecule has 0 radical (unpaired) electrons. The second kappa shape index (κ2) is 14.0. The fraction of sp³-hybridized carbons (Fsp3) is 0.526. The Morgan fingerprint density at radius 2 is 0.960 bits per heavy atom. The highest BCUT2D eigenvalue weighted by atomic mass is 16.4. The van der Waals surface area contributed by atoms with E-state index >= 15 is 0 Å². The predicted octanol–water partition coefficient (Wildman–Crippen LogP) is 5.05. The van der Waals surface area contributed by atoms with E-state index < -0.39 is 11.9 Å². The van der Waals surface area contributed by atoms with Gasteiger partial charge in [-0.3, -0.25) is 4.79 Å². The number of amides is 1. The lowest BCUT2D eigenvalue weighted by molar-refractivity contribution is -0.114. The lowest BCUT2D eigenvalue weighted by Crippen LogP contribution is -2.17. The molecule has 0 bridgehead atoms. The third-order valence-electron chi connectivity index (χ3n) is 2.98. The van der Waals surface area contributed by atoms with Crippen LogP contribution in [0.1, 0.15) is 85.9 Å². The zero-order valence-electron chi connectivity index (χ0n) is 17.1. The number of nitrogens with one attached hydrogen (secondary N) is 1. The lowest BCUT2D eigenvalue weighted by atomic mass is 9.91. The van der Waals surface area contributed by atoms with Crippen LogP contribution in [0.15, 0.2) is 0 Å². The number of hydrogen-bond donors (Lipinski definition) is 3. The van der Waals surface area contributed by atoms with Crippen molar-refractivity contribution in [1.29, 1.82) is 0 Å². The molecule has 6 nitrogen and oxygen atoms in total. The smallest absolute Gasteiger partial charge is 0.336 e. The number of carbonyl (C=O) groups excluding carboxylic acids is 1. The van der Waals surface area contributed by atoms with Gasteiger partial charge in [-0.15, -0.1) is 0 Å². The molecule has 0 aliphatic rings. The van der Waals surface area contributed by atoms with Crippen LogP contribution in [0.4, 0.5) is 5.69 Å². The zero-order valence-corrected chi connectivity index (χ0v) is 17.1. The number of anilines is 1. The van der Waals surface area contributed by atoms with Gasteiger partial charge in [0.15, 0.2) is 0 Å². The maximum absolute atomic E-state index is 11.3. The van der Waals surface area contributed by atoms with E-state index in [1.807, 2.05) is 41.5 Å². The zero-order chi connectivity index (χ0) is 20.9. The van der Waals surface area contributed by atoms with Crippen molar-refractivity contribution in [3.05, 3.63) is 27.8 Å². The van der Waals surface area contributed by atoms with Crippen molar-refractivity contribution >= 4 is 23.5 Å². The highest BCUT2D eigenvalue weighted by Gasteiger charge is 2.24. The van der Waals surface area contributed by atoms with Gasteiger partial charge in [-0.25, -0.2) is 9.59 Å². The average Bonchev–Trinajstić information content (AvgIpc) is 2.56. The molecular formula is C19H33NO5. The van der Waals surface area contributed by atoms with Crippen LogP contribution in [0.2, 0.25) is 0 Å². The number of hydrogen-bond acceptors (Lipinski definition) is 3. The van der Waals surface area contributed by atoms with Crippen molar-refractivity contribution in [2.45, 2.75) is 69.2 Å². The van der Waals surface area contributed by atoms with E-state index in [1.165, 1.54) is 13.8 Å². The summed E-state index contributed by atoms with van der Waals surface area (Å²) in [5, 5.41) is 20.9. The first kappa shape index (κ1) is 27.5. The van der Waals surface area contributed by atoms with Crippen molar-refractivity contribution < 1.29 is 24.6 Å². The molecule has 0 aliphatic carbocycles. The Balaban J connectivity index is -0.000000725. The number of rotatable bonds is 3. The first-order chi connectivity index (χ1) is 11.7. The summed E-state index contributed by atoms with van der Waals surface area (Å²) in [6.07, 6.45) is 0. The fourth-order valence-electron chi connectivity index (χ4n) is 2.22. The standard InChI is InChI=1S/C13H15NO5.3C2H6/c1-5-9(12(16)17)6(2)11(14-8(4)15)7(3)10(5)13(18)19;3*1-2/h1-4H3,(H,14,15)(H,16,17)(H,18,19);3*1-2H3. The quantitative estimate of drug-likeness (QED) is 0.704. The summed E-state index contributed by atoms with van der Waals surface area (Å²) in [5.41, 5.74) is 0.945. The minimum atomic E-state index is -1.22. The highest BCUT2D eigenvalue weighted by Crippen LogP contribution is 2.31. The molecule has 144 valence electrons. The molecule has 25 heavy (non-hydrogen) atoms. The highest BCUT2D eigenvalue weighted by molar-refractivity contribution is 6.03. The summed E-state index contributed by atoms with van der Waals surface area (Å²) in [5.74, 6) is -2.82. The van der Waals surface area contributed by atoms with Gasteiger partial charge < -0.3 is 15.5 Å². The number of benzene rings is 1. The van der Waals surface area contributed by atoms with Gasteiger partial charge in [-0.05, 0) is 37.5 Å². The molecule has 1 rings (SSSR count). The van der Waals surface area contributed by atoms with Gasteiger partial charge in [0.1, 0.15) is 0 Å². The molecule has 0 saturated heterocycles. The van der Waals surface area contributed by atoms with E-state index in [2.05, 4.69) is 5.32 Å². The summed E-state index contributed by atoms with van der Waals surface area (Å²) < 4.78 is 0. The van der Waals surface area contributed by atoms with Crippen molar-refractivity contribution in [2.24, 2.45) is 0 Å². The van der Waals surface area contributed by atoms with Gasteiger partial charge in [0.05, 0.1) is 11.1 Å². The van der Waals surface area contributed by atoms with Crippen LogP contribution in [0.5, 0.6) is 0 Å². The molecular weight excluding hydrogens is 322 g/mol. The van der Waals surface area contributed by atoms with Crippen molar-refractivity contribution in [2.75, 3.05) is 5.32 Å². The number of aromatic carboxylic acids is 2. The van der Waals surface area contributed by atoms with Crippen LogP contribution in [-0.2, 0) is 4.79 Å². The largest absolute Gasteiger partial charge is 0.478 e. The van der Waals surface area contributed by atoms with E-state index in [0.717, 1.165) is 0 Å². The first-order valence-electron chi connectivity index (χ1n) is 8.56. The topological polar surface area (TPSA) is 104 Å². The first-order valence-corrected chi connectivity index (χ1v) is 8.56. The van der Waals surface area contributed by atoms with Crippen molar-refractivity contribution in [1.82, 2.24) is 0 Å². The van der Waals surface area contributed by atoms with Gasteiger partial charge in [0.2, 0.25) is 5.91 Å². The SMILES string of the molecule is CC.CC.CC.CC(=O)Nc1c(C)c(C(=O)O)c(C)c(C(=O)O)c1C. The van der Waals surface area contributed by atoms with Crippen molar-refractivity contribution in [3.63, 3.8) is 0 Å². The molecule has 0 unspecified atom stereocenters. The Morgan fingerprint density at radius 3 is 1.16 bits per heavy atom. The molecule has 0 fully saturated rings. The van der Waals surface area contributed by atoms with Crippen LogP contribution >= 0.6 is 0 Å². The molecule has 0 atom stereocenters. The average molecular weight is 355 g/mol. The minimum absolute atomic E-state index is 0.0910. The molecule has 0 aliphatic heterocycles.